The molecule has 0 aromatic carbocycles. The monoisotopic (exact) mass is 408 g/mol. The molecule has 6 nitrogen and oxygen atoms in total. The summed E-state index contributed by atoms with van der Waals surface area (Å²) in [5.41, 5.74) is -0.0230. The van der Waals surface area contributed by atoms with Crippen molar-refractivity contribution in [1.82, 2.24) is 20.6 Å². The van der Waals surface area contributed by atoms with E-state index in [-0.39, 0.29) is 23.8 Å². The Morgan fingerprint density at radius 2 is 1.82 bits per heavy atom. The highest BCUT2D eigenvalue weighted by Crippen LogP contribution is 2.34. The van der Waals surface area contributed by atoms with Crippen molar-refractivity contribution in [2.75, 3.05) is 13.1 Å². The highest BCUT2D eigenvalue weighted by molar-refractivity contribution is 7.20. The second-order valence-electron chi connectivity index (χ2n) is 5.86. The number of halogens is 3. The van der Waals surface area contributed by atoms with Gasteiger partial charge in [0.25, 0.3) is 11.8 Å². The van der Waals surface area contributed by atoms with Gasteiger partial charge in [0.15, 0.2) is 0 Å². The van der Waals surface area contributed by atoms with E-state index in [1.165, 1.54) is 12.3 Å². The number of aryl methyl sites for hydroxylation is 1. The van der Waals surface area contributed by atoms with Crippen LogP contribution in [0.15, 0.2) is 36.7 Å². The van der Waals surface area contributed by atoms with Gasteiger partial charge in [0.05, 0.1) is 10.4 Å². The van der Waals surface area contributed by atoms with Gasteiger partial charge in [0, 0.05) is 30.9 Å². The molecular weight excluding hydrogens is 393 g/mol. The summed E-state index contributed by atoms with van der Waals surface area (Å²) >= 11 is 0.905. The molecule has 0 atom stereocenters. The molecule has 2 N–H and O–H groups in total. The Morgan fingerprint density at radius 3 is 2.46 bits per heavy atom. The molecule has 0 spiro atoms. The molecular formula is C18H15F3N4O2S. The van der Waals surface area contributed by atoms with Gasteiger partial charge in [-0.05, 0) is 36.8 Å². The molecule has 28 heavy (non-hydrogen) atoms. The summed E-state index contributed by atoms with van der Waals surface area (Å²) in [5.74, 6) is -0.742. The first-order chi connectivity index (χ1) is 13.3. The summed E-state index contributed by atoms with van der Waals surface area (Å²) in [6, 6.07) is 5.47. The number of aromatic nitrogens is 2. The lowest BCUT2D eigenvalue weighted by Gasteiger charge is -2.06. The molecule has 0 unspecified atom stereocenters. The van der Waals surface area contributed by atoms with E-state index in [1.807, 2.05) is 0 Å². The van der Waals surface area contributed by atoms with Gasteiger partial charge >= 0.3 is 6.18 Å². The van der Waals surface area contributed by atoms with Gasteiger partial charge in [-0.2, -0.15) is 13.2 Å². The summed E-state index contributed by atoms with van der Waals surface area (Å²) in [5, 5.41) is 5.79. The highest BCUT2D eigenvalue weighted by atomic mass is 32.1. The van der Waals surface area contributed by atoms with Gasteiger partial charge in [-0.1, -0.05) is 0 Å². The number of hydrogen-bond donors (Lipinski definition) is 2. The van der Waals surface area contributed by atoms with Crippen molar-refractivity contribution in [3.05, 3.63) is 58.4 Å². The normalized spacial score (nSPS) is 11.4. The minimum Gasteiger partial charge on any atom is -0.350 e. The minimum absolute atomic E-state index is 0.155. The standard InChI is InChI=1S/C18H15F3N4O2S/c1-10-12-4-5-13(18(19,20)21)25-17(12)28-14(10)16(27)24-8-7-23-15(26)11-3-2-6-22-9-11/h2-6,9H,7-8H2,1H3,(H,23,26)(H,24,27). The zero-order valence-corrected chi connectivity index (χ0v) is 15.4. The smallest absolute Gasteiger partial charge is 0.350 e. The Kier molecular flexibility index (Phi) is 5.59. The number of pyridine rings is 2. The van der Waals surface area contributed by atoms with Gasteiger partial charge < -0.3 is 10.6 Å². The van der Waals surface area contributed by atoms with Crippen LogP contribution >= 0.6 is 11.3 Å². The molecule has 0 saturated carbocycles. The van der Waals surface area contributed by atoms with Gasteiger partial charge in [-0.3, -0.25) is 14.6 Å². The zero-order chi connectivity index (χ0) is 20.3. The molecule has 0 bridgehead atoms. The van der Waals surface area contributed by atoms with Crippen LogP contribution in [0.5, 0.6) is 0 Å². The van der Waals surface area contributed by atoms with Crippen LogP contribution in [-0.2, 0) is 6.18 Å². The number of fused-ring (bicyclic) bond motifs is 1. The van der Waals surface area contributed by atoms with Crippen LogP contribution in [0, 0.1) is 6.92 Å². The van der Waals surface area contributed by atoms with Crippen LogP contribution in [0.1, 0.15) is 31.3 Å². The van der Waals surface area contributed by atoms with Crippen LogP contribution in [0.4, 0.5) is 13.2 Å². The van der Waals surface area contributed by atoms with E-state index in [2.05, 4.69) is 20.6 Å². The molecule has 3 aromatic heterocycles. The molecule has 3 heterocycles. The second-order valence-corrected chi connectivity index (χ2v) is 6.86. The molecule has 10 heteroatoms. The summed E-state index contributed by atoms with van der Waals surface area (Å²) in [6.45, 7) is 2.02. The summed E-state index contributed by atoms with van der Waals surface area (Å²) in [7, 11) is 0. The van der Waals surface area contributed by atoms with Gasteiger partial charge in [0.1, 0.15) is 10.5 Å². The van der Waals surface area contributed by atoms with Crippen LogP contribution in [0.2, 0.25) is 0 Å². The maximum Gasteiger partial charge on any atom is 0.433 e. The average molecular weight is 408 g/mol. The topological polar surface area (TPSA) is 84.0 Å². The summed E-state index contributed by atoms with van der Waals surface area (Å²) in [4.78, 5) is 32.1. The van der Waals surface area contributed by atoms with E-state index in [9.17, 15) is 22.8 Å². The first-order valence-electron chi connectivity index (χ1n) is 8.21. The first kappa shape index (κ1) is 19.7. The Morgan fingerprint density at radius 1 is 1.11 bits per heavy atom. The first-order valence-corrected chi connectivity index (χ1v) is 9.03. The number of alkyl halides is 3. The molecule has 0 aliphatic carbocycles. The van der Waals surface area contributed by atoms with Gasteiger partial charge in [-0.15, -0.1) is 11.3 Å². The third-order valence-electron chi connectivity index (χ3n) is 3.92. The second kappa shape index (κ2) is 7.93. The van der Waals surface area contributed by atoms with Crippen LogP contribution in [0.25, 0.3) is 10.2 Å². The van der Waals surface area contributed by atoms with Crippen molar-refractivity contribution in [2.24, 2.45) is 0 Å². The molecule has 0 aliphatic rings. The van der Waals surface area contributed by atoms with Crippen molar-refractivity contribution in [3.63, 3.8) is 0 Å². The van der Waals surface area contributed by atoms with Crippen LogP contribution in [0.3, 0.4) is 0 Å². The number of nitrogens with one attached hydrogen (secondary N) is 2. The number of nitrogens with zero attached hydrogens (tertiary/aromatic N) is 2. The lowest BCUT2D eigenvalue weighted by Crippen LogP contribution is -2.34. The molecule has 0 saturated heterocycles. The largest absolute Gasteiger partial charge is 0.433 e. The molecule has 0 radical (unpaired) electrons. The Hall–Kier alpha value is -3.01. The van der Waals surface area contributed by atoms with E-state index in [4.69, 9.17) is 0 Å². The SMILES string of the molecule is Cc1c(C(=O)NCCNC(=O)c2cccnc2)sc2nc(C(F)(F)F)ccc12. The lowest BCUT2D eigenvalue weighted by atomic mass is 10.2. The Balaban J connectivity index is 1.62. The van der Waals surface area contributed by atoms with Crippen molar-refractivity contribution >= 4 is 33.4 Å². The third kappa shape index (κ3) is 4.28. The van der Waals surface area contributed by atoms with E-state index >= 15 is 0 Å². The predicted molar refractivity (Wildman–Crippen MR) is 98.3 cm³/mol. The highest BCUT2D eigenvalue weighted by Gasteiger charge is 2.33. The van der Waals surface area contributed by atoms with Crippen LogP contribution in [-0.4, -0.2) is 34.9 Å². The quantitative estimate of drug-likeness (QED) is 0.635. The maximum atomic E-state index is 12.8. The zero-order valence-electron chi connectivity index (χ0n) is 14.6. The molecule has 3 aromatic rings. The van der Waals surface area contributed by atoms with E-state index in [0.717, 1.165) is 17.4 Å². The number of carbonyl (C=O) groups is 2. The van der Waals surface area contributed by atoms with Crippen molar-refractivity contribution < 1.29 is 22.8 Å². The fourth-order valence-electron chi connectivity index (χ4n) is 2.51. The van der Waals surface area contributed by atoms with E-state index < -0.39 is 17.8 Å². The number of carbonyl (C=O) groups excluding carboxylic acids is 2. The summed E-state index contributed by atoms with van der Waals surface area (Å²) in [6.07, 6.45) is -1.56. The van der Waals surface area contributed by atoms with Crippen molar-refractivity contribution in [2.45, 2.75) is 13.1 Å². The number of rotatable bonds is 5. The predicted octanol–water partition coefficient (Wildman–Crippen LogP) is 3.18. The number of amides is 2. The lowest BCUT2D eigenvalue weighted by molar-refractivity contribution is -0.140. The summed E-state index contributed by atoms with van der Waals surface area (Å²) < 4.78 is 38.4. The minimum atomic E-state index is -4.54. The Bertz CT molecular complexity index is 1020. The average Bonchev–Trinajstić information content (AvgIpc) is 3.01. The fraction of sp³-hybridized carbons (Fsp3) is 0.222. The van der Waals surface area contributed by atoms with Crippen molar-refractivity contribution in [3.8, 4) is 0 Å². The maximum absolute atomic E-state index is 12.8. The molecule has 0 fully saturated rings. The molecule has 0 aliphatic heterocycles. The van der Waals surface area contributed by atoms with Gasteiger partial charge in [-0.25, -0.2) is 4.98 Å². The Labute approximate surface area is 161 Å². The number of hydrogen-bond acceptors (Lipinski definition) is 5. The third-order valence-corrected chi connectivity index (χ3v) is 5.12. The van der Waals surface area contributed by atoms with E-state index in [0.29, 0.717) is 21.4 Å². The van der Waals surface area contributed by atoms with Crippen LogP contribution < -0.4 is 10.6 Å². The fourth-order valence-corrected chi connectivity index (χ4v) is 3.60. The molecule has 3 rings (SSSR count). The number of thiophene rings is 1. The molecule has 2 amide bonds. The van der Waals surface area contributed by atoms with Crippen molar-refractivity contribution in [1.29, 1.82) is 0 Å². The molecule has 146 valence electrons. The van der Waals surface area contributed by atoms with Gasteiger partial charge in [0.2, 0.25) is 0 Å². The van der Waals surface area contributed by atoms with E-state index in [1.54, 1.807) is 25.3 Å².